The van der Waals surface area contributed by atoms with Crippen molar-refractivity contribution in [3.8, 4) is 0 Å². The maximum Gasteiger partial charge on any atom is 0.334 e. The van der Waals surface area contributed by atoms with E-state index in [4.69, 9.17) is 25.8 Å². The van der Waals surface area contributed by atoms with Gasteiger partial charge in [-0.15, -0.1) is 0 Å². The van der Waals surface area contributed by atoms with Gasteiger partial charge in [-0.3, -0.25) is 0 Å². The van der Waals surface area contributed by atoms with Gasteiger partial charge in [0.2, 0.25) is 0 Å². The lowest BCUT2D eigenvalue weighted by Crippen LogP contribution is -2.40. The van der Waals surface area contributed by atoms with E-state index in [1.807, 2.05) is 0 Å². The zero-order chi connectivity index (χ0) is 18.9. The fraction of sp³-hybridized carbons (Fsp3) is 0.471. The van der Waals surface area contributed by atoms with Gasteiger partial charge in [-0.05, 0) is 30.2 Å². The Kier molecular flexibility index (Phi) is 5.39. The molecule has 1 heterocycles. The number of esters is 1. The van der Waals surface area contributed by atoms with Gasteiger partial charge in [0.25, 0.3) is 0 Å². The molecule has 2 aliphatic rings. The molecule has 9 heteroatoms. The first-order valence-corrected chi connectivity index (χ1v) is 10.1. The lowest BCUT2D eigenvalue weighted by Gasteiger charge is -2.33. The average Bonchev–Trinajstić information content (AvgIpc) is 3.04. The minimum absolute atomic E-state index is 0.0149. The molecule has 1 fully saturated rings. The van der Waals surface area contributed by atoms with Crippen LogP contribution in [0.15, 0.2) is 29.8 Å². The second-order valence-electron chi connectivity index (χ2n) is 6.17. The number of hydrogen-bond acceptors (Lipinski definition) is 6. The van der Waals surface area contributed by atoms with Crippen LogP contribution in [0.4, 0.5) is 4.39 Å². The van der Waals surface area contributed by atoms with Crippen LogP contribution in [0.3, 0.4) is 0 Å². The van der Waals surface area contributed by atoms with Gasteiger partial charge in [0.15, 0.2) is 15.6 Å². The van der Waals surface area contributed by atoms with E-state index in [0.717, 1.165) is 12.1 Å². The van der Waals surface area contributed by atoms with E-state index in [9.17, 15) is 17.6 Å². The zero-order valence-corrected chi connectivity index (χ0v) is 15.6. The molecular weight excluding hydrogens is 387 g/mol. The van der Waals surface area contributed by atoms with Gasteiger partial charge in [0, 0.05) is 11.4 Å². The Labute approximate surface area is 155 Å². The number of sulfone groups is 1. The van der Waals surface area contributed by atoms with Crippen LogP contribution in [-0.2, 0) is 34.6 Å². The van der Waals surface area contributed by atoms with Crippen molar-refractivity contribution >= 4 is 27.4 Å². The zero-order valence-electron chi connectivity index (χ0n) is 14.0. The number of halogens is 2. The summed E-state index contributed by atoms with van der Waals surface area (Å²) in [5, 5.41) is -1.05. The second-order valence-corrected chi connectivity index (χ2v) is 8.76. The van der Waals surface area contributed by atoms with Crippen molar-refractivity contribution in [2.24, 2.45) is 0 Å². The van der Waals surface area contributed by atoms with Gasteiger partial charge in [-0.1, -0.05) is 17.7 Å². The predicted octanol–water partition coefficient (Wildman–Crippen LogP) is 2.40. The molecule has 0 bridgehead atoms. The Morgan fingerprint density at radius 1 is 1.38 bits per heavy atom. The van der Waals surface area contributed by atoms with E-state index in [0.29, 0.717) is 19.6 Å². The normalized spacial score (nSPS) is 22.3. The number of hydrogen-bond donors (Lipinski definition) is 0. The molecule has 1 aliphatic heterocycles. The Bertz CT molecular complexity index is 845. The van der Waals surface area contributed by atoms with Gasteiger partial charge in [-0.25, -0.2) is 17.6 Å². The SMILES string of the molecule is COC(=O)C1=CC2(CCC1S(=O)(=O)Cc1ccc(F)cc1Cl)OCCO2. The average molecular weight is 405 g/mol. The monoisotopic (exact) mass is 404 g/mol. The molecule has 0 N–H and O–H groups in total. The number of benzene rings is 1. The summed E-state index contributed by atoms with van der Waals surface area (Å²) in [6.07, 6.45) is 1.85. The quantitative estimate of drug-likeness (QED) is 0.717. The molecule has 1 aromatic carbocycles. The summed E-state index contributed by atoms with van der Waals surface area (Å²) in [4.78, 5) is 12.2. The molecule has 1 aromatic rings. The molecule has 26 heavy (non-hydrogen) atoms. The smallest absolute Gasteiger partial charge is 0.334 e. The number of rotatable bonds is 4. The number of carbonyl (C=O) groups is 1. The van der Waals surface area contributed by atoms with Crippen LogP contribution in [0.1, 0.15) is 18.4 Å². The van der Waals surface area contributed by atoms with Crippen molar-refractivity contribution in [1.82, 2.24) is 0 Å². The maximum absolute atomic E-state index is 13.2. The lowest BCUT2D eigenvalue weighted by molar-refractivity contribution is -0.141. The lowest BCUT2D eigenvalue weighted by atomic mass is 9.94. The molecule has 1 atom stereocenters. The minimum atomic E-state index is -3.81. The summed E-state index contributed by atoms with van der Waals surface area (Å²) in [6, 6.07) is 3.52. The van der Waals surface area contributed by atoms with Crippen LogP contribution in [0.2, 0.25) is 5.02 Å². The highest BCUT2D eigenvalue weighted by Gasteiger charge is 2.45. The van der Waals surface area contributed by atoms with Gasteiger partial charge in [0.1, 0.15) is 5.82 Å². The van der Waals surface area contributed by atoms with E-state index in [2.05, 4.69) is 0 Å². The van der Waals surface area contributed by atoms with Gasteiger partial charge in [-0.2, -0.15) is 0 Å². The summed E-state index contributed by atoms with van der Waals surface area (Å²) in [7, 11) is -2.63. The van der Waals surface area contributed by atoms with Crippen LogP contribution in [0.5, 0.6) is 0 Å². The van der Waals surface area contributed by atoms with Crippen molar-refractivity contribution in [2.45, 2.75) is 29.6 Å². The van der Waals surface area contributed by atoms with Crippen molar-refractivity contribution in [3.63, 3.8) is 0 Å². The first-order chi connectivity index (χ1) is 12.3. The molecule has 3 rings (SSSR count). The molecule has 1 saturated heterocycles. The van der Waals surface area contributed by atoms with E-state index in [1.165, 1.54) is 19.3 Å². The maximum atomic E-state index is 13.2. The highest BCUT2D eigenvalue weighted by molar-refractivity contribution is 7.91. The number of carbonyl (C=O) groups excluding carboxylic acids is 1. The second kappa shape index (κ2) is 7.26. The molecule has 1 aliphatic carbocycles. The van der Waals surface area contributed by atoms with Crippen LogP contribution in [0.25, 0.3) is 0 Å². The Morgan fingerprint density at radius 3 is 2.69 bits per heavy atom. The first-order valence-electron chi connectivity index (χ1n) is 8.01. The van der Waals surface area contributed by atoms with Crippen molar-refractivity contribution in [1.29, 1.82) is 0 Å². The summed E-state index contributed by atoms with van der Waals surface area (Å²) in [6.45, 7) is 0.737. The Hall–Kier alpha value is -1.48. The van der Waals surface area contributed by atoms with Crippen LogP contribution in [-0.4, -0.2) is 45.7 Å². The first kappa shape index (κ1) is 19.3. The highest BCUT2D eigenvalue weighted by atomic mass is 35.5. The number of ether oxygens (including phenoxy) is 3. The molecule has 0 amide bonds. The Balaban J connectivity index is 1.93. The molecule has 0 radical (unpaired) electrons. The van der Waals surface area contributed by atoms with Crippen LogP contribution >= 0.6 is 11.6 Å². The largest absolute Gasteiger partial charge is 0.466 e. The molecule has 1 unspecified atom stereocenters. The topological polar surface area (TPSA) is 78.9 Å². The molecule has 0 saturated carbocycles. The molecule has 1 spiro atoms. The molecule has 142 valence electrons. The molecular formula is C17H18ClFO6S. The Morgan fingerprint density at radius 2 is 2.08 bits per heavy atom. The van der Waals surface area contributed by atoms with Crippen LogP contribution < -0.4 is 0 Å². The highest BCUT2D eigenvalue weighted by Crippen LogP contribution is 2.38. The summed E-state index contributed by atoms with van der Waals surface area (Å²) in [5.41, 5.74) is 0.254. The fourth-order valence-corrected chi connectivity index (χ4v) is 5.45. The standard InChI is InChI=1S/C17H18ClFO6S/c1-23-16(20)13-9-17(24-6-7-25-17)5-4-15(13)26(21,22)10-11-2-3-12(19)8-14(11)18/h2-3,8-9,15H,4-7,10H2,1H3. The fourth-order valence-electron chi connectivity index (χ4n) is 3.23. The van der Waals surface area contributed by atoms with E-state index < -0.39 is 38.4 Å². The van der Waals surface area contributed by atoms with E-state index >= 15 is 0 Å². The van der Waals surface area contributed by atoms with Gasteiger partial charge < -0.3 is 14.2 Å². The van der Waals surface area contributed by atoms with Crippen LogP contribution in [0, 0.1) is 5.82 Å². The summed E-state index contributed by atoms with van der Waals surface area (Å²) < 4.78 is 54.9. The summed E-state index contributed by atoms with van der Waals surface area (Å²) >= 11 is 5.95. The van der Waals surface area contributed by atoms with Gasteiger partial charge >= 0.3 is 5.97 Å². The van der Waals surface area contributed by atoms with Crippen molar-refractivity contribution in [2.75, 3.05) is 20.3 Å². The van der Waals surface area contributed by atoms with Gasteiger partial charge in [0.05, 0.1) is 36.9 Å². The van der Waals surface area contributed by atoms with Crippen molar-refractivity contribution in [3.05, 3.63) is 46.3 Å². The molecule has 0 aromatic heterocycles. The third kappa shape index (κ3) is 3.78. The third-order valence-corrected chi connectivity index (χ3v) is 6.90. The number of methoxy groups -OCH3 is 1. The minimum Gasteiger partial charge on any atom is -0.466 e. The summed E-state index contributed by atoms with van der Waals surface area (Å²) in [5.74, 6) is -2.80. The van der Waals surface area contributed by atoms with E-state index in [-0.39, 0.29) is 22.6 Å². The predicted molar refractivity (Wildman–Crippen MR) is 91.8 cm³/mol. The molecule has 6 nitrogen and oxygen atoms in total. The van der Waals surface area contributed by atoms with E-state index in [1.54, 1.807) is 0 Å². The van der Waals surface area contributed by atoms with Crippen molar-refractivity contribution < 1.29 is 31.8 Å². The third-order valence-electron chi connectivity index (χ3n) is 4.48.